The molecule has 0 radical (unpaired) electrons. The highest BCUT2D eigenvalue weighted by Crippen LogP contribution is 2.18. The van der Waals surface area contributed by atoms with E-state index in [0.717, 1.165) is 11.8 Å². The maximum atomic E-state index is 10.6. The number of aromatic nitrogens is 2. The zero-order valence-corrected chi connectivity index (χ0v) is 7.65. The number of fused-ring (bicyclic) bond motifs is 1. The van der Waals surface area contributed by atoms with Crippen LogP contribution in [0.5, 0.6) is 0 Å². The predicted octanol–water partition coefficient (Wildman–Crippen LogP) is 1.91. The van der Waals surface area contributed by atoms with Crippen molar-refractivity contribution < 1.29 is 4.79 Å². The lowest BCUT2D eigenvalue weighted by molar-refractivity contribution is 0.112. The fraction of sp³-hybridized carbons (Fsp3) is 0. The molecular weight excluding hydrogens is 220 g/mol. The van der Waals surface area contributed by atoms with Crippen molar-refractivity contribution in [1.82, 2.24) is 9.38 Å². The smallest absolute Gasteiger partial charge is 0.152 e. The van der Waals surface area contributed by atoms with Gasteiger partial charge in [0.2, 0.25) is 0 Å². The van der Waals surface area contributed by atoms with E-state index < -0.39 is 0 Å². The molecule has 0 saturated heterocycles. The maximum absolute atomic E-state index is 10.6. The van der Waals surface area contributed by atoms with Crippen molar-refractivity contribution in [3.05, 3.63) is 34.8 Å². The largest absolute Gasteiger partial charge is 0.305 e. The van der Waals surface area contributed by atoms with E-state index in [-0.39, 0.29) is 0 Å². The first-order chi connectivity index (χ1) is 5.83. The number of nitrogens with zero attached hydrogens (tertiary/aromatic N) is 2. The number of carbonyl (C=O) groups excluding carboxylic acids is 1. The van der Waals surface area contributed by atoms with Gasteiger partial charge in [-0.05, 0) is 28.1 Å². The van der Waals surface area contributed by atoms with Gasteiger partial charge in [0.25, 0.3) is 0 Å². The number of hydrogen-bond acceptors (Lipinski definition) is 2. The first-order valence-electron chi connectivity index (χ1n) is 3.39. The molecule has 0 amide bonds. The quantitative estimate of drug-likeness (QED) is 0.694. The van der Waals surface area contributed by atoms with Gasteiger partial charge < -0.3 is 4.40 Å². The zero-order chi connectivity index (χ0) is 8.55. The Labute approximate surface area is 77.2 Å². The number of hydrogen-bond donors (Lipinski definition) is 0. The Hall–Kier alpha value is -1.16. The van der Waals surface area contributed by atoms with Crippen LogP contribution < -0.4 is 0 Å². The monoisotopic (exact) mass is 224 g/mol. The second-order valence-corrected chi connectivity index (χ2v) is 3.12. The van der Waals surface area contributed by atoms with E-state index in [1.807, 2.05) is 12.3 Å². The van der Waals surface area contributed by atoms with Gasteiger partial charge in [-0.2, -0.15) is 0 Å². The highest BCUT2D eigenvalue weighted by Gasteiger charge is 2.04. The summed E-state index contributed by atoms with van der Waals surface area (Å²) >= 11 is 3.27. The normalized spacial score (nSPS) is 10.4. The van der Waals surface area contributed by atoms with E-state index >= 15 is 0 Å². The third kappa shape index (κ3) is 0.956. The van der Waals surface area contributed by atoms with Crippen molar-refractivity contribution in [3.63, 3.8) is 0 Å². The fourth-order valence-corrected chi connectivity index (χ4v) is 1.66. The average Bonchev–Trinajstić information content (AvgIpc) is 2.48. The Morgan fingerprint density at radius 3 is 3.17 bits per heavy atom. The summed E-state index contributed by atoms with van der Waals surface area (Å²) in [5, 5.41) is 0. The minimum atomic E-state index is 0.641. The second kappa shape index (κ2) is 2.71. The van der Waals surface area contributed by atoms with Gasteiger partial charge in [-0.1, -0.05) is 0 Å². The van der Waals surface area contributed by atoms with Crippen LogP contribution >= 0.6 is 15.9 Å². The summed E-state index contributed by atoms with van der Waals surface area (Å²) in [5.41, 5.74) is 1.45. The zero-order valence-electron chi connectivity index (χ0n) is 6.07. The molecule has 2 aromatic heterocycles. The van der Waals surface area contributed by atoms with Gasteiger partial charge in [0.15, 0.2) is 6.29 Å². The predicted molar refractivity (Wildman–Crippen MR) is 48.3 cm³/mol. The van der Waals surface area contributed by atoms with Gasteiger partial charge in [0.05, 0.1) is 5.52 Å². The lowest BCUT2D eigenvalue weighted by atomic mass is 10.2. The van der Waals surface area contributed by atoms with E-state index in [9.17, 15) is 4.79 Å². The Kier molecular flexibility index (Phi) is 1.69. The molecule has 0 aliphatic rings. The molecule has 0 aromatic carbocycles. The van der Waals surface area contributed by atoms with Crippen molar-refractivity contribution in [2.45, 2.75) is 0 Å². The van der Waals surface area contributed by atoms with Crippen LogP contribution in [0, 0.1) is 0 Å². The number of halogens is 1. The maximum Gasteiger partial charge on any atom is 0.152 e. The number of aldehydes is 1. The molecule has 60 valence electrons. The van der Waals surface area contributed by atoms with Gasteiger partial charge in [-0.25, -0.2) is 4.98 Å². The highest BCUT2D eigenvalue weighted by atomic mass is 79.9. The summed E-state index contributed by atoms with van der Waals surface area (Å²) in [6.07, 6.45) is 4.33. The molecule has 2 heterocycles. The fourth-order valence-electron chi connectivity index (χ4n) is 1.13. The highest BCUT2D eigenvalue weighted by molar-refractivity contribution is 9.10. The molecule has 12 heavy (non-hydrogen) atoms. The second-order valence-electron chi connectivity index (χ2n) is 2.37. The van der Waals surface area contributed by atoms with Crippen LogP contribution in [0.2, 0.25) is 0 Å². The lowest BCUT2D eigenvalue weighted by Gasteiger charge is -1.95. The van der Waals surface area contributed by atoms with Crippen LogP contribution in [-0.4, -0.2) is 15.7 Å². The van der Waals surface area contributed by atoms with Crippen molar-refractivity contribution >= 4 is 27.7 Å². The summed E-state index contributed by atoms with van der Waals surface area (Å²) < 4.78 is 2.50. The van der Waals surface area contributed by atoms with Crippen LogP contribution in [-0.2, 0) is 0 Å². The molecule has 2 rings (SSSR count). The third-order valence-electron chi connectivity index (χ3n) is 1.67. The van der Waals surface area contributed by atoms with Gasteiger partial charge >= 0.3 is 0 Å². The molecule has 0 fully saturated rings. The van der Waals surface area contributed by atoms with E-state index in [2.05, 4.69) is 20.9 Å². The van der Waals surface area contributed by atoms with Crippen LogP contribution in [0.15, 0.2) is 29.3 Å². The van der Waals surface area contributed by atoms with Crippen molar-refractivity contribution in [1.29, 1.82) is 0 Å². The molecule has 0 aliphatic heterocycles. The van der Waals surface area contributed by atoms with Gasteiger partial charge in [0.1, 0.15) is 10.9 Å². The van der Waals surface area contributed by atoms with Crippen LogP contribution in [0.4, 0.5) is 0 Å². The molecule has 0 N–H and O–H groups in total. The Morgan fingerprint density at radius 1 is 1.58 bits per heavy atom. The molecule has 0 unspecified atom stereocenters. The standard InChI is InChI=1S/C8H5BrN2O/c9-8-7-6(4-12)2-1-3-11(7)5-10-8/h1-5H. The van der Waals surface area contributed by atoms with Crippen LogP contribution in [0.25, 0.3) is 5.52 Å². The molecule has 4 heteroatoms. The topological polar surface area (TPSA) is 34.4 Å². The van der Waals surface area contributed by atoms with Crippen LogP contribution in [0.3, 0.4) is 0 Å². The summed E-state index contributed by atoms with van der Waals surface area (Å²) in [7, 11) is 0. The van der Waals surface area contributed by atoms with E-state index in [0.29, 0.717) is 10.2 Å². The number of pyridine rings is 1. The van der Waals surface area contributed by atoms with E-state index in [4.69, 9.17) is 0 Å². The van der Waals surface area contributed by atoms with Gasteiger partial charge in [-0.3, -0.25) is 4.79 Å². The third-order valence-corrected chi connectivity index (χ3v) is 2.25. The Balaban J connectivity index is 2.93. The number of rotatable bonds is 1. The number of imidazole rings is 1. The van der Waals surface area contributed by atoms with Crippen LogP contribution in [0.1, 0.15) is 10.4 Å². The number of carbonyl (C=O) groups is 1. The molecule has 0 spiro atoms. The SMILES string of the molecule is O=Cc1cccn2cnc(Br)c12. The van der Waals surface area contributed by atoms with Gasteiger partial charge in [0, 0.05) is 11.8 Å². The summed E-state index contributed by atoms with van der Waals surface area (Å²) in [4.78, 5) is 14.6. The molecule has 2 aromatic rings. The van der Waals surface area contributed by atoms with Crippen molar-refractivity contribution in [3.8, 4) is 0 Å². The van der Waals surface area contributed by atoms with Crippen molar-refractivity contribution in [2.75, 3.05) is 0 Å². The average molecular weight is 225 g/mol. The first kappa shape index (κ1) is 7.49. The minimum absolute atomic E-state index is 0.641. The van der Waals surface area contributed by atoms with Crippen molar-refractivity contribution in [2.24, 2.45) is 0 Å². The molecule has 0 saturated carbocycles. The Bertz CT molecular complexity index is 436. The first-order valence-corrected chi connectivity index (χ1v) is 4.18. The molecule has 0 bridgehead atoms. The lowest BCUT2D eigenvalue weighted by Crippen LogP contribution is -1.87. The summed E-state index contributed by atoms with van der Waals surface area (Å²) in [5.74, 6) is 0. The molecule has 0 aliphatic carbocycles. The summed E-state index contributed by atoms with van der Waals surface area (Å²) in [6.45, 7) is 0. The molecular formula is C8H5BrN2O. The van der Waals surface area contributed by atoms with Gasteiger partial charge in [-0.15, -0.1) is 0 Å². The molecule has 0 atom stereocenters. The Morgan fingerprint density at radius 2 is 2.42 bits per heavy atom. The molecule has 3 nitrogen and oxygen atoms in total. The summed E-state index contributed by atoms with van der Waals surface area (Å²) in [6, 6.07) is 3.57. The van der Waals surface area contributed by atoms with E-state index in [1.54, 1.807) is 16.8 Å². The minimum Gasteiger partial charge on any atom is -0.305 e. The van der Waals surface area contributed by atoms with E-state index in [1.165, 1.54) is 0 Å².